The number of likely N-dealkylation sites (tertiary alicyclic amines) is 1. The Morgan fingerprint density at radius 2 is 2.07 bits per heavy atom. The van der Waals surface area contributed by atoms with Gasteiger partial charge in [0, 0.05) is 18.8 Å². The van der Waals surface area contributed by atoms with Gasteiger partial charge < -0.3 is 11.1 Å². The fraction of sp³-hybridized carbons (Fsp3) is 0.286. The number of amides is 2. The second kappa shape index (κ2) is 8.86. The van der Waals surface area contributed by atoms with Crippen LogP contribution in [0, 0.1) is 5.92 Å². The number of primary amides is 1. The number of anilines is 1. The molecule has 0 spiro atoms. The van der Waals surface area contributed by atoms with Gasteiger partial charge in [0.25, 0.3) is 5.91 Å². The van der Waals surface area contributed by atoms with Crippen LogP contribution in [-0.2, 0) is 11.3 Å². The summed E-state index contributed by atoms with van der Waals surface area (Å²) in [6, 6.07) is 11.8. The van der Waals surface area contributed by atoms with Crippen molar-refractivity contribution < 1.29 is 9.59 Å². The number of thiazole rings is 1. The van der Waals surface area contributed by atoms with E-state index >= 15 is 0 Å². The van der Waals surface area contributed by atoms with E-state index in [2.05, 4.69) is 15.2 Å². The smallest absolute Gasteiger partial charge is 0.267 e. The van der Waals surface area contributed by atoms with E-state index in [1.165, 1.54) is 11.3 Å². The van der Waals surface area contributed by atoms with Gasteiger partial charge in [-0.05, 0) is 48.5 Å². The van der Waals surface area contributed by atoms with Gasteiger partial charge in [0.1, 0.15) is 9.88 Å². The molecular weight excluding hydrogens is 404 g/mol. The maximum absolute atomic E-state index is 12.5. The van der Waals surface area contributed by atoms with Crippen LogP contribution in [0.2, 0.25) is 0 Å². The van der Waals surface area contributed by atoms with E-state index in [0.717, 1.165) is 47.1 Å². The Kier molecular flexibility index (Phi) is 6.03. The van der Waals surface area contributed by atoms with Crippen molar-refractivity contribution in [1.29, 1.82) is 0 Å². The van der Waals surface area contributed by atoms with Crippen LogP contribution < -0.4 is 11.1 Å². The molecule has 1 aromatic carbocycles. The van der Waals surface area contributed by atoms with Gasteiger partial charge in [-0.1, -0.05) is 18.2 Å². The number of aromatic nitrogens is 1. The van der Waals surface area contributed by atoms with Crippen LogP contribution in [0.3, 0.4) is 0 Å². The first-order valence-corrected chi connectivity index (χ1v) is 11.2. The third-order valence-corrected chi connectivity index (χ3v) is 7.02. The molecule has 1 aliphatic rings. The highest BCUT2D eigenvalue weighted by Crippen LogP contribution is 2.29. The Hall–Kier alpha value is -2.55. The van der Waals surface area contributed by atoms with Gasteiger partial charge >= 0.3 is 0 Å². The SMILES string of the molecule is NC(=O)C1CCCN(Cc2ccc(NC(=O)c3cnc(-c4cccs4)s3)cc2)C1. The van der Waals surface area contributed by atoms with Crippen molar-refractivity contribution in [3.8, 4) is 9.88 Å². The monoisotopic (exact) mass is 426 g/mol. The minimum atomic E-state index is -0.210. The van der Waals surface area contributed by atoms with Crippen molar-refractivity contribution in [3.05, 3.63) is 58.4 Å². The van der Waals surface area contributed by atoms with Crippen LogP contribution in [0.25, 0.3) is 9.88 Å². The summed E-state index contributed by atoms with van der Waals surface area (Å²) in [4.78, 5) is 32.2. The van der Waals surface area contributed by atoms with Crippen LogP contribution in [-0.4, -0.2) is 34.8 Å². The molecule has 2 aromatic heterocycles. The summed E-state index contributed by atoms with van der Waals surface area (Å²) in [5.41, 5.74) is 7.35. The summed E-state index contributed by atoms with van der Waals surface area (Å²) >= 11 is 3.00. The van der Waals surface area contributed by atoms with Gasteiger partial charge in [-0.2, -0.15) is 0 Å². The average molecular weight is 427 g/mol. The minimum absolute atomic E-state index is 0.0548. The lowest BCUT2D eigenvalue weighted by Gasteiger charge is -2.31. The second-order valence-electron chi connectivity index (χ2n) is 7.13. The predicted molar refractivity (Wildman–Crippen MR) is 117 cm³/mol. The first-order valence-electron chi connectivity index (χ1n) is 9.50. The van der Waals surface area contributed by atoms with Crippen molar-refractivity contribution in [3.63, 3.8) is 0 Å². The molecule has 2 amide bonds. The molecule has 29 heavy (non-hydrogen) atoms. The number of carbonyl (C=O) groups excluding carboxylic acids is 2. The molecule has 0 saturated carbocycles. The average Bonchev–Trinajstić information content (AvgIpc) is 3.41. The first kappa shape index (κ1) is 19.8. The van der Waals surface area contributed by atoms with E-state index in [4.69, 9.17) is 5.73 Å². The fourth-order valence-electron chi connectivity index (χ4n) is 3.47. The molecule has 4 rings (SSSR count). The van der Waals surface area contributed by atoms with Crippen LogP contribution >= 0.6 is 22.7 Å². The predicted octanol–water partition coefficient (Wildman–Crippen LogP) is 3.82. The maximum Gasteiger partial charge on any atom is 0.267 e. The number of carbonyl (C=O) groups is 2. The van der Waals surface area contributed by atoms with E-state index < -0.39 is 0 Å². The number of nitrogens with one attached hydrogen (secondary N) is 1. The minimum Gasteiger partial charge on any atom is -0.369 e. The van der Waals surface area contributed by atoms with Crippen molar-refractivity contribution >= 4 is 40.2 Å². The molecule has 1 unspecified atom stereocenters. The third kappa shape index (κ3) is 4.90. The van der Waals surface area contributed by atoms with E-state index in [1.54, 1.807) is 17.5 Å². The molecular formula is C21H22N4O2S2. The lowest BCUT2D eigenvalue weighted by Crippen LogP contribution is -2.40. The van der Waals surface area contributed by atoms with Crippen molar-refractivity contribution in [2.24, 2.45) is 11.7 Å². The molecule has 3 aromatic rings. The number of nitrogens with two attached hydrogens (primary N) is 1. The van der Waals surface area contributed by atoms with Gasteiger partial charge in [0.2, 0.25) is 5.91 Å². The molecule has 0 bridgehead atoms. The Labute approximate surface area is 177 Å². The lowest BCUT2D eigenvalue weighted by atomic mass is 9.97. The normalized spacial score (nSPS) is 17.2. The van der Waals surface area contributed by atoms with Crippen molar-refractivity contribution in [2.45, 2.75) is 19.4 Å². The van der Waals surface area contributed by atoms with Gasteiger partial charge in [0.05, 0.1) is 17.0 Å². The molecule has 1 saturated heterocycles. The largest absolute Gasteiger partial charge is 0.369 e. The zero-order valence-corrected chi connectivity index (χ0v) is 17.5. The Balaban J connectivity index is 1.34. The van der Waals surface area contributed by atoms with Gasteiger partial charge in [0.15, 0.2) is 0 Å². The fourth-order valence-corrected chi connectivity index (χ4v) is 5.08. The molecule has 0 radical (unpaired) electrons. The third-order valence-electron chi connectivity index (χ3n) is 4.99. The highest BCUT2D eigenvalue weighted by Gasteiger charge is 2.23. The molecule has 150 valence electrons. The van der Waals surface area contributed by atoms with Crippen LogP contribution in [0.15, 0.2) is 48.0 Å². The number of thiophene rings is 1. The highest BCUT2D eigenvalue weighted by atomic mass is 32.1. The van der Waals surface area contributed by atoms with Crippen LogP contribution in [0.5, 0.6) is 0 Å². The summed E-state index contributed by atoms with van der Waals surface area (Å²) in [6.45, 7) is 2.46. The number of rotatable bonds is 6. The molecule has 1 atom stereocenters. The summed E-state index contributed by atoms with van der Waals surface area (Å²) in [6.07, 6.45) is 3.49. The van der Waals surface area contributed by atoms with E-state index in [9.17, 15) is 9.59 Å². The molecule has 1 fully saturated rings. The number of piperidine rings is 1. The summed E-state index contributed by atoms with van der Waals surface area (Å²) in [5, 5.41) is 5.78. The van der Waals surface area contributed by atoms with Crippen LogP contribution in [0.4, 0.5) is 5.69 Å². The molecule has 6 nitrogen and oxygen atoms in total. The Morgan fingerprint density at radius 3 is 2.79 bits per heavy atom. The molecule has 3 N–H and O–H groups in total. The molecule has 8 heteroatoms. The summed E-state index contributed by atoms with van der Waals surface area (Å²) in [5.74, 6) is -0.419. The summed E-state index contributed by atoms with van der Waals surface area (Å²) < 4.78 is 0. The molecule has 3 heterocycles. The standard InChI is InChI=1S/C21H22N4O2S2/c22-19(26)15-3-1-9-25(13-15)12-14-5-7-16(8-6-14)24-20(27)18-11-23-21(29-18)17-4-2-10-28-17/h2,4-8,10-11,15H,1,3,9,12-13H2,(H2,22,26)(H,24,27). The van der Waals surface area contributed by atoms with Gasteiger partial charge in [-0.3, -0.25) is 14.5 Å². The number of nitrogens with zero attached hydrogens (tertiary/aromatic N) is 2. The second-order valence-corrected chi connectivity index (χ2v) is 9.11. The van der Waals surface area contributed by atoms with Crippen molar-refractivity contribution in [1.82, 2.24) is 9.88 Å². The maximum atomic E-state index is 12.5. The Bertz CT molecular complexity index is 983. The molecule has 0 aliphatic carbocycles. The van der Waals surface area contributed by atoms with Crippen molar-refractivity contribution in [2.75, 3.05) is 18.4 Å². The highest BCUT2D eigenvalue weighted by molar-refractivity contribution is 7.22. The van der Waals surface area contributed by atoms with Gasteiger partial charge in [-0.25, -0.2) is 4.98 Å². The number of hydrogen-bond donors (Lipinski definition) is 2. The summed E-state index contributed by atoms with van der Waals surface area (Å²) in [7, 11) is 0. The lowest BCUT2D eigenvalue weighted by molar-refractivity contribution is -0.123. The van der Waals surface area contributed by atoms with E-state index in [0.29, 0.717) is 11.4 Å². The first-order chi connectivity index (χ1) is 14.1. The topological polar surface area (TPSA) is 88.3 Å². The number of benzene rings is 1. The van der Waals surface area contributed by atoms with E-state index in [1.807, 2.05) is 41.8 Å². The molecule has 1 aliphatic heterocycles. The Morgan fingerprint density at radius 1 is 1.24 bits per heavy atom. The van der Waals surface area contributed by atoms with Gasteiger partial charge in [-0.15, -0.1) is 22.7 Å². The zero-order valence-electron chi connectivity index (χ0n) is 15.8. The number of hydrogen-bond acceptors (Lipinski definition) is 6. The quantitative estimate of drug-likeness (QED) is 0.627. The van der Waals surface area contributed by atoms with E-state index in [-0.39, 0.29) is 17.7 Å². The zero-order chi connectivity index (χ0) is 20.2. The van der Waals surface area contributed by atoms with Crippen LogP contribution in [0.1, 0.15) is 28.1 Å².